The highest BCUT2D eigenvalue weighted by molar-refractivity contribution is 5.14. The molecule has 0 spiro atoms. The van der Waals surface area contributed by atoms with Crippen molar-refractivity contribution < 1.29 is 0 Å². The van der Waals surface area contributed by atoms with Crippen molar-refractivity contribution in [1.29, 1.82) is 0 Å². The lowest BCUT2D eigenvalue weighted by Crippen LogP contribution is -2.49. The van der Waals surface area contributed by atoms with E-state index >= 15 is 0 Å². The van der Waals surface area contributed by atoms with E-state index in [0.717, 1.165) is 12.5 Å². The maximum atomic E-state index is 6.26. The molecule has 2 nitrogen and oxygen atoms in total. The van der Waals surface area contributed by atoms with Crippen molar-refractivity contribution in [3.63, 3.8) is 0 Å². The zero-order chi connectivity index (χ0) is 14.8. The Labute approximate surface area is 124 Å². The summed E-state index contributed by atoms with van der Waals surface area (Å²) < 4.78 is 0. The molecule has 3 atom stereocenters. The third kappa shape index (κ3) is 3.42. The van der Waals surface area contributed by atoms with Crippen molar-refractivity contribution in [3.8, 4) is 0 Å². The lowest BCUT2D eigenvalue weighted by atomic mass is 9.61. The predicted octanol–water partition coefficient (Wildman–Crippen LogP) is 3.52. The molecule has 1 saturated carbocycles. The van der Waals surface area contributed by atoms with Crippen LogP contribution in [-0.4, -0.2) is 24.5 Å². The van der Waals surface area contributed by atoms with Crippen molar-refractivity contribution in [2.75, 3.05) is 13.6 Å². The fourth-order valence-electron chi connectivity index (χ4n) is 3.60. The Morgan fingerprint density at radius 3 is 2.50 bits per heavy atom. The molecule has 112 valence electrons. The van der Waals surface area contributed by atoms with Crippen molar-refractivity contribution in [3.05, 3.63) is 35.9 Å². The molecule has 2 rings (SSSR count). The van der Waals surface area contributed by atoms with E-state index < -0.39 is 0 Å². The van der Waals surface area contributed by atoms with Crippen LogP contribution in [0.15, 0.2) is 30.3 Å². The molecular formula is C18H30N2. The fourth-order valence-corrected chi connectivity index (χ4v) is 3.60. The van der Waals surface area contributed by atoms with E-state index in [4.69, 9.17) is 5.73 Å². The minimum absolute atomic E-state index is 0.336. The minimum atomic E-state index is 0.336. The highest BCUT2D eigenvalue weighted by Crippen LogP contribution is 2.44. The standard InChI is InChI=1S/C18H30N2/c1-14-17(19)11-10-16(18(14,2)3)13-20(4)12-15-8-6-5-7-9-15/h5-9,14,16-17H,10-13,19H2,1-4H3. The second-order valence-corrected chi connectivity index (χ2v) is 7.23. The first-order chi connectivity index (χ1) is 9.41. The van der Waals surface area contributed by atoms with Gasteiger partial charge in [-0.15, -0.1) is 0 Å². The van der Waals surface area contributed by atoms with E-state index in [1.165, 1.54) is 24.9 Å². The number of hydrogen-bond donors (Lipinski definition) is 1. The molecule has 2 N–H and O–H groups in total. The Morgan fingerprint density at radius 2 is 1.85 bits per heavy atom. The number of hydrogen-bond acceptors (Lipinski definition) is 2. The van der Waals surface area contributed by atoms with Gasteiger partial charge >= 0.3 is 0 Å². The second-order valence-electron chi connectivity index (χ2n) is 7.23. The average Bonchev–Trinajstić information content (AvgIpc) is 2.41. The summed E-state index contributed by atoms with van der Waals surface area (Å²) >= 11 is 0. The van der Waals surface area contributed by atoms with Crippen molar-refractivity contribution >= 4 is 0 Å². The second kappa shape index (κ2) is 6.28. The van der Waals surface area contributed by atoms with Crippen LogP contribution in [0.4, 0.5) is 0 Å². The molecule has 0 amide bonds. The number of nitrogens with two attached hydrogens (primary N) is 1. The van der Waals surface area contributed by atoms with Gasteiger partial charge in [0.1, 0.15) is 0 Å². The Morgan fingerprint density at radius 1 is 1.20 bits per heavy atom. The van der Waals surface area contributed by atoms with Crippen LogP contribution in [0.3, 0.4) is 0 Å². The molecule has 0 bridgehead atoms. The Hall–Kier alpha value is -0.860. The summed E-state index contributed by atoms with van der Waals surface area (Å²) in [4.78, 5) is 2.46. The topological polar surface area (TPSA) is 29.3 Å². The van der Waals surface area contributed by atoms with Gasteiger partial charge in [-0.3, -0.25) is 0 Å². The van der Waals surface area contributed by atoms with Crippen molar-refractivity contribution in [1.82, 2.24) is 4.90 Å². The molecule has 1 aromatic carbocycles. The zero-order valence-electron chi connectivity index (χ0n) is 13.5. The summed E-state index contributed by atoms with van der Waals surface area (Å²) in [6, 6.07) is 11.1. The first-order valence-electron chi connectivity index (χ1n) is 7.89. The van der Waals surface area contributed by atoms with Crippen LogP contribution < -0.4 is 5.73 Å². The molecule has 1 fully saturated rings. The summed E-state index contributed by atoms with van der Waals surface area (Å²) in [6.45, 7) is 9.33. The molecule has 20 heavy (non-hydrogen) atoms. The monoisotopic (exact) mass is 274 g/mol. The summed E-state index contributed by atoms with van der Waals surface area (Å²) in [5.74, 6) is 1.34. The van der Waals surface area contributed by atoms with Gasteiger partial charge in [0, 0.05) is 19.1 Å². The molecule has 0 aliphatic heterocycles. The van der Waals surface area contributed by atoms with E-state index in [1.54, 1.807) is 0 Å². The molecule has 1 aromatic rings. The van der Waals surface area contributed by atoms with Gasteiger partial charge in [0.25, 0.3) is 0 Å². The van der Waals surface area contributed by atoms with Gasteiger partial charge in [0.05, 0.1) is 0 Å². The van der Waals surface area contributed by atoms with Gasteiger partial charge in [-0.05, 0) is 42.7 Å². The first-order valence-corrected chi connectivity index (χ1v) is 7.89. The van der Waals surface area contributed by atoms with Gasteiger partial charge in [-0.25, -0.2) is 0 Å². The van der Waals surface area contributed by atoms with Crippen molar-refractivity contribution in [2.24, 2.45) is 23.0 Å². The molecule has 0 saturated heterocycles. The van der Waals surface area contributed by atoms with Gasteiger partial charge in [-0.2, -0.15) is 0 Å². The van der Waals surface area contributed by atoms with Crippen LogP contribution in [0.25, 0.3) is 0 Å². The largest absolute Gasteiger partial charge is 0.327 e. The van der Waals surface area contributed by atoms with E-state index in [2.05, 4.69) is 63.1 Å². The summed E-state index contributed by atoms with van der Waals surface area (Å²) in [5.41, 5.74) is 7.99. The maximum absolute atomic E-state index is 6.26. The smallest absolute Gasteiger partial charge is 0.0230 e. The molecule has 0 radical (unpaired) electrons. The zero-order valence-corrected chi connectivity index (χ0v) is 13.5. The van der Waals surface area contributed by atoms with Gasteiger partial charge in [-0.1, -0.05) is 51.1 Å². The van der Waals surface area contributed by atoms with Gasteiger partial charge < -0.3 is 10.6 Å². The number of nitrogens with zero attached hydrogens (tertiary/aromatic N) is 1. The Balaban J connectivity index is 1.95. The SMILES string of the molecule is CC1C(N)CCC(CN(C)Cc2ccccc2)C1(C)C. The summed E-state index contributed by atoms with van der Waals surface area (Å²) in [7, 11) is 2.24. The van der Waals surface area contributed by atoms with E-state index in [9.17, 15) is 0 Å². The fraction of sp³-hybridized carbons (Fsp3) is 0.667. The minimum Gasteiger partial charge on any atom is -0.327 e. The molecule has 0 heterocycles. The van der Waals surface area contributed by atoms with E-state index in [0.29, 0.717) is 17.4 Å². The Bertz CT molecular complexity index is 413. The first kappa shape index (κ1) is 15.5. The molecule has 2 heteroatoms. The van der Waals surface area contributed by atoms with Gasteiger partial charge in [0.2, 0.25) is 0 Å². The highest BCUT2D eigenvalue weighted by Gasteiger charge is 2.41. The Kier molecular flexibility index (Phi) is 4.87. The summed E-state index contributed by atoms with van der Waals surface area (Å²) in [6.07, 6.45) is 2.44. The molecule has 3 unspecified atom stereocenters. The van der Waals surface area contributed by atoms with Crippen LogP contribution in [0.1, 0.15) is 39.2 Å². The van der Waals surface area contributed by atoms with Crippen LogP contribution >= 0.6 is 0 Å². The summed E-state index contributed by atoms with van der Waals surface area (Å²) in [5, 5.41) is 0. The predicted molar refractivity (Wildman–Crippen MR) is 86.4 cm³/mol. The number of benzene rings is 1. The molecule has 1 aliphatic rings. The number of rotatable bonds is 4. The van der Waals surface area contributed by atoms with Crippen LogP contribution in [0.5, 0.6) is 0 Å². The molecule has 0 aromatic heterocycles. The average molecular weight is 274 g/mol. The highest BCUT2D eigenvalue weighted by atomic mass is 15.1. The van der Waals surface area contributed by atoms with Crippen molar-refractivity contribution in [2.45, 2.75) is 46.2 Å². The normalized spacial score (nSPS) is 29.6. The van der Waals surface area contributed by atoms with Gasteiger partial charge in [0.15, 0.2) is 0 Å². The van der Waals surface area contributed by atoms with E-state index in [1.807, 2.05) is 0 Å². The van der Waals surface area contributed by atoms with Crippen LogP contribution in [0.2, 0.25) is 0 Å². The lowest BCUT2D eigenvalue weighted by Gasteiger charge is -2.48. The quantitative estimate of drug-likeness (QED) is 0.910. The molecule has 1 aliphatic carbocycles. The lowest BCUT2D eigenvalue weighted by molar-refractivity contribution is 0.0324. The molecular weight excluding hydrogens is 244 g/mol. The third-order valence-electron chi connectivity index (χ3n) is 5.54. The van der Waals surface area contributed by atoms with Crippen LogP contribution in [-0.2, 0) is 6.54 Å². The van der Waals surface area contributed by atoms with E-state index in [-0.39, 0.29) is 0 Å². The van der Waals surface area contributed by atoms with Crippen LogP contribution in [0, 0.1) is 17.3 Å². The maximum Gasteiger partial charge on any atom is 0.0230 e. The third-order valence-corrected chi connectivity index (χ3v) is 5.54.